The molecule has 0 bridgehead atoms. The van der Waals surface area contributed by atoms with Crippen LogP contribution in [0, 0.1) is 0 Å². The summed E-state index contributed by atoms with van der Waals surface area (Å²) in [6.07, 6.45) is 0. The molecule has 5 aromatic carbocycles. The summed E-state index contributed by atoms with van der Waals surface area (Å²) < 4.78 is 0. The van der Waals surface area contributed by atoms with Crippen molar-refractivity contribution >= 4 is 34.2 Å². The number of rotatable bonds is 2. The molecule has 0 atom stereocenters. The van der Waals surface area contributed by atoms with Crippen LogP contribution in [0.25, 0.3) is 43.8 Å². The fourth-order valence-electron chi connectivity index (χ4n) is 3.95. The monoisotopic (exact) mass is 362 g/mol. The minimum Gasteiger partial charge on any atom is -0.143 e. The van der Waals surface area contributed by atoms with E-state index in [2.05, 4.69) is 103 Å². The maximum atomic E-state index is 4.85. The van der Waals surface area contributed by atoms with Gasteiger partial charge in [-0.15, -0.1) is 12.6 Å². The molecule has 128 valence electrons. The number of hydrogen-bond donors (Lipinski definition) is 1. The molecule has 5 aromatic rings. The molecule has 0 radical (unpaired) electrons. The van der Waals surface area contributed by atoms with Crippen molar-refractivity contribution in [1.29, 1.82) is 0 Å². The smallest absolute Gasteiger partial charge is 0.0125 e. The molecule has 0 aromatic heterocycles. The second-order valence-electron chi connectivity index (χ2n) is 6.75. The standard InChI is InChI=1S/C26H18S/c27-25-17-7-16-24(22-14-5-10-18-8-1-3-12-20(18)22)26(25)23-15-6-11-19-9-2-4-13-21(19)23/h1-17,27H. The zero-order valence-electron chi connectivity index (χ0n) is 14.8. The summed E-state index contributed by atoms with van der Waals surface area (Å²) in [5.41, 5.74) is 4.87. The molecular weight excluding hydrogens is 344 g/mol. The lowest BCUT2D eigenvalue weighted by Crippen LogP contribution is -1.90. The van der Waals surface area contributed by atoms with Crippen molar-refractivity contribution in [1.82, 2.24) is 0 Å². The molecule has 0 N–H and O–H groups in total. The lowest BCUT2D eigenvalue weighted by atomic mass is 9.89. The highest BCUT2D eigenvalue weighted by atomic mass is 32.1. The third-order valence-electron chi connectivity index (χ3n) is 5.18. The van der Waals surface area contributed by atoms with Gasteiger partial charge in [-0.1, -0.05) is 97.1 Å². The summed E-state index contributed by atoms with van der Waals surface area (Å²) >= 11 is 4.85. The lowest BCUT2D eigenvalue weighted by molar-refractivity contribution is 1.46. The van der Waals surface area contributed by atoms with Crippen LogP contribution in [0.15, 0.2) is 108 Å². The van der Waals surface area contributed by atoms with Crippen molar-refractivity contribution < 1.29 is 0 Å². The van der Waals surface area contributed by atoms with E-state index < -0.39 is 0 Å². The predicted octanol–water partition coefficient (Wildman–Crippen LogP) is 7.62. The van der Waals surface area contributed by atoms with Crippen LogP contribution in [0.4, 0.5) is 0 Å². The average Bonchev–Trinajstić information content (AvgIpc) is 2.73. The van der Waals surface area contributed by atoms with E-state index in [-0.39, 0.29) is 0 Å². The Labute approximate surface area is 164 Å². The zero-order chi connectivity index (χ0) is 18.2. The van der Waals surface area contributed by atoms with E-state index in [1.807, 2.05) is 0 Å². The Kier molecular flexibility index (Phi) is 3.95. The van der Waals surface area contributed by atoms with E-state index >= 15 is 0 Å². The number of thiol groups is 1. The van der Waals surface area contributed by atoms with Crippen LogP contribution in [0.1, 0.15) is 0 Å². The Morgan fingerprint density at radius 1 is 0.407 bits per heavy atom. The van der Waals surface area contributed by atoms with Gasteiger partial charge in [0.2, 0.25) is 0 Å². The Bertz CT molecular complexity index is 1270. The fourth-order valence-corrected chi connectivity index (χ4v) is 4.28. The molecule has 0 saturated carbocycles. The van der Waals surface area contributed by atoms with Crippen molar-refractivity contribution in [3.63, 3.8) is 0 Å². The van der Waals surface area contributed by atoms with Gasteiger partial charge >= 0.3 is 0 Å². The first-order chi connectivity index (χ1) is 13.3. The van der Waals surface area contributed by atoms with E-state index in [4.69, 9.17) is 12.6 Å². The minimum atomic E-state index is 0.997. The van der Waals surface area contributed by atoms with Crippen LogP contribution >= 0.6 is 12.6 Å². The van der Waals surface area contributed by atoms with E-state index in [9.17, 15) is 0 Å². The number of hydrogen-bond acceptors (Lipinski definition) is 1. The lowest BCUT2D eigenvalue weighted by Gasteiger charge is -2.16. The molecule has 0 aliphatic carbocycles. The first-order valence-corrected chi connectivity index (χ1v) is 9.56. The maximum absolute atomic E-state index is 4.85. The van der Waals surface area contributed by atoms with Crippen LogP contribution in [-0.4, -0.2) is 0 Å². The van der Waals surface area contributed by atoms with E-state index in [1.54, 1.807) is 0 Å². The molecule has 5 rings (SSSR count). The molecule has 0 aliphatic rings. The number of benzene rings is 5. The Balaban J connectivity index is 1.88. The molecule has 1 heteroatoms. The Morgan fingerprint density at radius 3 is 1.59 bits per heavy atom. The quantitative estimate of drug-likeness (QED) is 0.307. The fraction of sp³-hybridized carbons (Fsp3) is 0. The molecule has 0 unspecified atom stereocenters. The number of fused-ring (bicyclic) bond motifs is 2. The van der Waals surface area contributed by atoms with Crippen molar-refractivity contribution in [2.24, 2.45) is 0 Å². The van der Waals surface area contributed by atoms with Crippen molar-refractivity contribution in [2.75, 3.05) is 0 Å². The third-order valence-corrected chi connectivity index (χ3v) is 5.55. The summed E-state index contributed by atoms with van der Waals surface area (Å²) in [6.45, 7) is 0. The zero-order valence-corrected chi connectivity index (χ0v) is 15.7. The van der Waals surface area contributed by atoms with Gasteiger partial charge in [-0.3, -0.25) is 0 Å². The van der Waals surface area contributed by atoms with Gasteiger partial charge in [0, 0.05) is 10.5 Å². The predicted molar refractivity (Wildman–Crippen MR) is 120 cm³/mol. The summed E-state index contributed by atoms with van der Waals surface area (Å²) in [5.74, 6) is 0. The molecule has 0 aliphatic heterocycles. The van der Waals surface area contributed by atoms with E-state index in [0.29, 0.717) is 0 Å². The molecule has 0 heterocycles. The molecule has 0 spiro atoms. The summed E-state index contributed by atoms with van der Waals surface area (Å²) in [6, 6.07) is 36.5. The largest absolute Gasteiger partial charge is 0.143 e. The second kappa shape index (κ2) is 6.61. The highest BCUT2D eigenvalue weighted by molar-refractivity contribution is 7.80. The minimum absolute atomic E-state index is 0.997. The van der Waals surface area contributed by atoms with E-state index in [1.165, 1.54) is 43.8 Å². The van der Waals surface area contributed by atoms with Gasteiger partial charge in [-0.05, 0) is 44.3 Å². The normalized spacial score (nSPS) is 11.1. The summed E-state index contributed by atoms with van der Waals surface area (Å²) in [7, 11) is 0. The van der Waals surface area contributed by atoms with Gasteiger partial charge < -0.3 is 0 Å². The Morgan fingerprint density at radius 2 is 0.889 bits per heavy atom. The second-order valence-corrected chi connectivity index (χ2v) is 7.23. The van der Waals surface area contributed by atoms with Gasteiger partial charge in [0.1, 0.15) is 0 Å². The SMILES string of the molecule is Sc1cccc(-c2cccc3ccccc23)c1-c1cccc2ccccc12. The van der Waals surface area contributed by atoms with E-state index in [0.717, 1.165) is 4.90 Å². The van der Waals surface area contributed by atoms with Crippen LogP contribution in [0.3, 0.4) is 0 Å². The van der Waals surface area contributed by atoms with Gasteiger partial charge in [0.25, 0.3) is 0 Å². The molecule has 27 heavy (non-hydrogen) atoms. The van der Waals surface area contributed by atoms with Crippen molar-refractivity contribution in [2.45, 2.75) is 4.90 Å². The first-order valence-electron chi connectivity index (χ1n) is 9.11. The van der Waals surface area contributed by atoms with Gasteiger partial charge in [0.05, 0.1) is 0 Å². The first kappa shape index (κ1) is 16.2. The molecule has 0 saturated heterocycles. The summed E-state index contributed by atoms with van der Waals surface area (Å²) in [4.78, 5) is 0.997. The van der Waals surface area contributed by atoms with Crippen molar-refractivity contribution in [3.8, 4) is 22.3 Å². The Hall–Kier alpha value is -3.03. The topological polar surface area (TPSA) is 0 Å². The van der Waals surface area contributed by atoms with Gasteiger partial charge in [0.15, 0.2) is 0 Å². The highest BCUT2D eigenvalue weighted by Crippen LogP contribution is 2.41. The summed E-state index contributed by atoms with van der Waals surface area (Å²) in [5, 5.41) is 5.02. The molecular formula is C26H18S. The van der Waals surface area contributed by atoms with Crippen LogP contribution in [-0.2, 0) is 0 Å². The molecule has 0 amide bonds. The van der Waals surface area contributed by atoms with Crippen LogP contribution < -0.4 is 0 Å². The van der Waals surface area contributed by atoms with Crippen molar-refractivity contribution in [3.05, 3.63) is 103 Å². The van der Waals surface area contributed by atoms with Gasteiger partial charge in [-0.25, -0.2) is 0 Å². The maximum Gasteiger partial charge on any atom is 0.0125 e. The van der Waals surface area contributed by atoms with Crippen LogP contribution in [0.5, 0.6) is 0 Å². The molecule has 0 fully saturated rings. The average molecular weight is 362 g/mol. The third kappa shape index (κ3) is 2.72. The molecule has 0 nitrogen and oxygen atoms in total. The highest BCUT2D eigenvalue weighted by Gasteiger charge is 2.14. The van der Waals surface area contributed by atoms with Crippen LogP contribution in [0.2, 0.25) is 0 Å². The van der Waals surface area contributed by atoms with Gasteiger partial charge in [-0.2, -0.15) is 0 Å².